The summed E-state index contributed by atoms with van der Waals surface area (Å²) >= 11 is 0. The molecule has 0 aromatic carbocycles. The first-order chi connectivity index (χ1) is 11.2. The van der Waals surface area contributed by atoms with Crippen LogP contribution in [0, 0.1) is 0 Å². The van der Waals surface area contributed by atoms with Gasteiger partial charge in [-0.15, -0.1) is 0 Å². The maximum Gasteiger partial charge on any atom is 0.183 e. The van der Waals surface area contributed by atoms with Crippen LogP contribution in [0.1, 0.15) is 37.2 Å². The van der Waals surface area contributed by atoms with Crippen molar-refractivity contribution in [3.05, 3.63) is 30.1 Å². The van der Waals surface area contributed by atoms with Crippen LogP contribution in [0.2, 0.25) is 0 Å². The van der Waals surface area contributed by atoms with Gasteiger partial charge in [0.05, 0.1) is 18.6 Å². The van der Waals surface area contributed by atoms with Crippen molar-refractivity contribution in [2.24, 2.45) is 0 Å². The highest BCUT2D eigenvalue weighted by Gasteiger charge is 2.29. The molecule has 3 aromatic heterocycles. The first kappa shape index (κ1) is 14.1. The van der Waals surface area contributed by atoms with E-state index in [1.807, 2.05) is 10.9 Å². The minimum Gasteiger partial charge on any atom is -0.382 e. The van der Waals surface area contributed by atoms with Gasteiger partial charge in [-0.05, 0) is 26.3 Å². The summed E-state index contributed by atoms with van der Waals surface area (Å²) in [6, 6.07) is 0.184. The number of hydrogen-bond donors (Lipinski definition) is 2. The molecule has 3 aromatic rings. The van der Waals surface area contributed by atoms with E-state index in [0.717, 1.165) is 38.3 Å². The van der Waals surface area contributed by atoms with Crippen molar-refractivity contribution >= 4 is 17.0 Å². The largest absolute Gasteiger partial charge is 0.382 e. The van der Waals surface area contributed by atoms with E-state index in [4.69, 9.17) is 5.73 Å². The maximum atomic E-state index is 6.03. The van der Waals surface area contributed by atoms with E-state index in [0.29, 0.717) is 17.0 Å². The van der Waals surface area contributed by atoms with Gasteiger partial charge in [-0.1, -0.05) is 0 Å². The number of aromatic amines is 1. The Morgan fingerprint density at radius 3 is 3.13 bits per heavy atom. The third kappa shape index (κ3) is 2.55. The second-order valence-corrected chi connectivity index (χ2v) is 5.90. The number of rotatable bonds is 4. The standard InChI is InChI=1S/C15H20N8/c1-2-23-8-10(6-19-23)7-22-5-3-4-11(22)14-20-13(16)12-15(21-14)18-9-17-12/h6,8-9,11H,2-5,7H2,1H3,(H3,16,17,18,20,21). The van der Waals surface area contributed by atoms with Gasteiger partial charge in [0.1, 0.15) is 5.52 Å². The number of hydrogen-bond acceptors (Lipinski definition) is 6. The van der Waals surface area contributed by atoms with E-state index in [-0.39, 0.29) is 6.04 Å². The predicted octanol–water partition coefficient (Wildman–Crippen LogP) is 1.49. The Morgan fingerprint density at radius 1 is 1.39 bits per heavy atom. The molecular weight excluding hydrogens is 292 g/mol. The van der Waals surface area contributed by atoms with Gasteiger partial charge >= 0.3 is 0 Å². The molecule has 8 heteroatoms. The maximum absolute atomic E-state index is 6.03. The Balaban J connectivity index is 1.60. The molecule has 1 fully saturated rings. The number of nitrogens with one attached hydrogen (secondary N) is 1. The zero-order valence-corrected chi connectivity index (χ0v) is 13.1. The number of aryl methyl sites for hydroxylation is 1. The molecular formula is C15H20N8. The zero-order valence-electron chi connectivity index (χ0n) is 13.1. The van der Waals surface area contributed by atoms with Crippen LogP contribution >= 0.6 is 0 Å². The third-order valence-corrected chi connectivity index (χ3v) is 4.39. The number of likely N-dealkylation sites (tertiary alicyclic amines) is 1. The molecule has 23 heavy (non-hydrogen) atoms. The molecule has 0 amide bonds. The molecule has 0 saturated carbocycles. The van der Waals surface area contributed by atoms with Gasteiger partial charge in [0.15, 0.2) is 17.3 Å². The second-order valence-electron chi connectivity index (χ2n) is 5.90. The van der Waals surface area contributed by atoms with E-state index in [2.05, 4.69) is 43.1 Å². The summed E-state index contributed by atoms with van der Waals surface area (Å²) in [5.41, 5.74) is 8.60. The van der Waals surface area contributed by atoms with Crippen molar-refractivity contribution in [1.82, 2.24) is 34.6 Å². The van der Waals surface area contributed by atoms with Crippen molar-refractivity contribution in [2.75, 3.05) is 12.3 Å². The highest BCUT2D eigenvalue weighted by molar-refractivity contribution is 5.80. The Labute approximate surface area is 133 Å². The van der Waals surface area contributed by atoms with Crippen LogP contribution < -0.4 is 5.73 Å². The first-order valence-electron chi connectivity index (χ1n) is 7.96. The molecule has 1 atom stereocenters. The van der Waals surface area contributed by atoms with Gasteiger partial charge in [0, 0.05) is 24.8 Å². The van der Waals surface area contributed by atoms with E-state index in [9.17, 15) is 0 Å². The molecule has 1 saturated heterocycles. The van der Waals surface area contributed by atoms with Crippen molar-refractivity contribution < 1.29 is 0 Å². The second kappa shape index (κ2) is 5.62. The first-order valence-corrected chi connectivity index (χ1v) is 7.96. The topological polar surface area (TPSA) is 102 Å². The summed E-state index contributed by atoms with van der Waals surface area (Å²) in [6.07, 6.45) is 7.81. The molecule has 0 aliphatic carbocycles. The normalized spacial score (nSPS) is 18.9. The molecule has 1 aliphatic heterocycles. The minimum absolute atomic E-state index is 0.184. The van der Waals surface area contributed by atoms with Crippen molar-refractivity contribution in [3.63, 3.8) is 0 Å². The van der Waals surface area contributed by atoms with Crippen LogP contribution in [0.4, 0.5) is 5.82 Å². The lowest BCUT2D eigenvalue weighted by atomic mass is 10.2. The Hall–Kier alpha value is -2.48. The fourth-order valence-electron chi connectivity index (χ4n) is 3.23. The number of nitrogens with zero attached hydrogens (tertiary/aromatic N) is 6. The van der Waals surface area contributed by atoms with E-state index >= 15 is 0 Å². The Kier molecular flexibility index (Phi) is 3.45. The average molecular weight is 312 g/mol. The molecule has 1 aliphatic rings. The van der Waals surface area contributed by atoms with E-state index in [1.165, 1.54) is 5.56 Å². The van der Waals surface area contributed by atoms with Crippen LogP contribution in [0.25, 0.3) is 11.2 Å². The SMILES string of the molecule is CCn1cc(CN2CCCC2c2nc(N)c3[nH]cnc3n2)cn1. The Bertz CT molecular complexity index is 820. The van der Waals surface area contributed by atoms with Crippen molar-refractivity contribution in [2.45, 2.75) is 38.9 Å². The van der Waals surface area contributed by atoms with E-state index < -0.39 is 0 Å². The van der Waals surface area contributed by atoms with Gasteiger partial charge < -0.3 is 10.7 Å². The molecule has 3 N–H and O–H groups in total. The number of imidazole rings is 1. The van der Waals surface area contributed by atoms with Gasteiger partial charge in [-0.2, -0.15) is 5.10 Å². The number of anilines is 1. The van der Waals surface area contributed by atoms with Gasteiger partial charge in [0.25, 0.3) is 0 Å². The van der Waals surface area contributed by atoms with Crippen LogP contribution in [-0.2, 0) is 13.1 Å². The number of nitrogen functional groups attached to an aromatic ring is 1. The number of aromatic nitrogens is 6. The summed E-state index contributed by atoms with van der Waals surface area (Å²) in [5.74, 6) is 1.23. The highest BCUT2D eigenvalue weighted by Crippen LogP contribution is 2.32. The van der Waals surface area contributed by atoms with Crippen LogP contribution in [0.15, 0.2) is 18.7 Å². The van der Waals surface area contributed by atoms with Gasteiger partial charge in [-0.25, -0.2) is 15.0 Å². The van der Waals surface area contributed by atoms with Crippen LogP contribution in [0.5, 0.6) is 0 Å². The molecule has 4 heterocycles. The van der Waals surface area contributed by atoms with Gasteiger partial charge in [0.2, 0.25) is 0 Å². The average Bonchev–Trinajstić information content (AvgIpc) is 3.27. The predicted molar refractivity (Wildman–Crippen MR) is 86.4 cm³/mol. The fourth-order valence-corrected chi connectivity index (χ4v) is 3.23. The number of nitrogens with two attached hydrogens (primary N) is 1. The van der Waals surface area contributed by atoms with Crippen molar-refractivity contribution in [3.8, 4) is 0 Å². The van der Waals surface area contributed by atoms with Crippen LogP contribution in [-0.4, -0.2) is 41.2 Å². The summed E-state index contributed by atoms with van der Waals surface area (Å²) in [6.45, 7) is 4.86. The van der Waals surface area contributed by atoms with E-state index in [1.54, 1.807) is 6.33 Å². The minimum atomic E-state index is 0.184. The molecule has 120 valence electrons. The molecule has 8 nitrogen and oxygen atoms in total. The highest BCUT2D eigenvalue weighted by atomic mass is 15.3. The van der Waals surface area contributed by atoms with Crippen molar-refractivity contribution in [1.29, 1.82) is 0 Å². The Morgan fingerprint density at radius 2 is 2.30 bits per heavy atom. The monoisotopic (exact) mass is 312 g/mol. The lowest BCUT2D eigenvalue weighted by Crippen LogP contribution is -2.24. The molecule has 1 unspecified atom stereocenters. The quantitative estimate of drug-likeness (QED) is 0.757. The lowest BCUT2D eigenvalue weighted by Gasteiger charge is -2.22. The molecule has 0 spiro atoms. The molecule has 0 radical (unpaired) electrons. The number of H-pyrrole nitrogens is 1. The van der Waals surface area contributed by atoms with Gasteiger partial charge in [-0.3, -0.25) is 9.58 Å². The summed E-state index contributed by atoms with van der Waals surface area (Å²) in [5, 5.41) is 4.35. The lowest BCUT2D eigenvalue weighted by molar-refractivity contribution is 0.240. The zero-order chi connectivity index (χ0) is 15.8. The summed E-state index contributed by atoms with van der Waals surface area (Å²) in [4.78, 5) is 18.7. The molecule has 0 bridgehead atoms. The smallest absolute Gasteiger partial charge is 0.183 e. The summed E-state index contributed by atoms with van der Waals surface area (Å²) < 4.78 is 1.95. The molecule has 4 rings (SSSR count). The fraction of sp³-hybridized carbons (Fsp3) is 0.467. The number of fused-ring (bicyclic) bond motifs is 1. The summed E-state index contributed by atoms with van der Waals surface area (Å²) in [7, 11) is 0. The third-order valence-electron chi connectivity index (χ3n) is 4.39. The van der Waals surface area contributed by atoms with Crippen LogP contribution in [0.3, 0.4) is 0 Å².